The van der Waals surface area contributed by atoms with Gasteiger partial charge in [-0.1, -0.05) is 26.0 Å². The molecular weight excluding hydrogens is 340 g/mol. The molecule has 27 heavy (non-hydrogen) atoms. The van der Waals surface area contributed by atoms with E-state index in [9.17, 15) is 4.79 Å². The lowest BCUT2D eigenvalue weighted by molar-refractivity contribution is -0.135. The number of aromatic amines is 1. The van der Waals surface area contributed by atoms with Gasteiger partial charge in [-0.3, -0.25) is 4.79 Å². The van der Waals surface area contributed by atoms with Crippen molar-refractivity contribution in [3.63, 3.8) is 0 Å². The Kier molecular flexibility index (Phi) is 5.29. The maximum atomic E-state index is 13.8. The van der Waals surface area contributed by atoms with Crippen LogP contribution in [0, 0.1) is 5.41 Å². The number of likely N-dealkylation sites (N-methyl/N-ethyl adjacent to an activating group) is 1. The van der Waals surface area contributed by atoms with Crippen molar-refractivity contribution in [1.29, 1.82) is 0 Å². The van der Waals surface area contributed by atoms with Gasteiger partial charge in [-0.05, 0) is 43.6 Å². The van der Waals surface area contributed by atoms with Crippen molar-refractivity contribution in [2.45, 2.75) is 32.2 Å². The van der Waals surface area contributed by atoms with Crippen molar-refractivity contribution in [2.75, 3.05) is 34.3 Å². The molecule has 1 saturated carbocycles. The third-order valence-corrected chi connectivity index (χ3v) is 5.71. The van der Waals surface area contributed by atoms with Crippen molar-refractivity contribution >= 4 is 5.91 Å². The molecule has 0 spiro atoms. The number of aromatic nitrogens is 2. The highest BCUT2D eigenvalue weighted by molar-refractivity contribution is 5.93. The summed E-state index contributed by atoms with van der Waals surface area (Å²) in [5.74, 6) is 0.996. The number of nitrogens with zero attached hydrogens (tertiary/aromatic N) is 3. The lowest BCUT2D eigenvalue weighted by atomic mass is 9.86. The molecule has 146 valence electrons. The topological polar surface area (TPSA) is 61.5 Å². The summed E-state index contributed by atoms with van der Waals surface area (Å²) in [5, 5.41) is 0. The standard InChI is InChI=1S/C21H30N4O2/c1-20(2)14-21(20,16-6-8-18(27-5)9-7-16)19(26)25(11-10-24(3)4)13-17-12-22-15-23-17/h6-9,12,15H,10-11,13-14H2,1-5H3,(H,22,23). The van der Waals surface area contributed by atoms with Crippen LogP contribution in [0.25, 0.3) is 0 Å². The van der Waals surface area contributed by atoms with Crippen molar-refractivity contribution in [1.82, 2.24) is 19.8 Å². The summed E-state index contributed by atoms with van der Waals surface area (Å²) in [5.41, 5.74) is 1.47. The third-order valence-electron chi connectivity index (χ3n) is 5.71. The maximum Gasteiger partial charge on any atom is 0.234 e. The molecule has 1 aliphatic rings. The van der Waals surface area contributed by atoms with Gasteiger partial charge in [-0.25, -0.2) is 4.98 Å². The van der Waals surface area contributed by atoms with E-state index in [-0.39, 0.29) is 11.3 Å². The van der Waals surface area contributed by atoms with Gasteiger partial charge >= 0.3 is 0 Å². The largest absolute Gasteiger partial charge is 0.497 e. The molecule has 1 N–H and O–H groups in total. The number of ether oxygens (including phenoxy) is 1. The van der Waals surface area contributed by atoms with E-state index in [1.54, 1.807) is 19.6 Å². The number of amides is 1. The van der Waals surface area contributed by atoms with Crippen molar-refractivity contribution in [3.05, 3.63) is 48.0 Å². The van der Waals surface area contributed by atoms with Crippen LogP contribution in [0.15, 0.2) is 36.8 Å². The van der Waals surface area contributed by atoms with Gasteiger partial charge in [0.1, 0.15) is 5.75 Å². The Bertz CT molecular complexity index is 768. The summed E-state index contributed by atoms with van der Waals surface area (Å²) in [6.07, 6.45) is 4.30. The molecule has 0 bridgehead atoms. The van der Waals surface area contributed by atoms with Crippen LogP contribution in [0.5, 0.6) is 5.75 Å². The van der Waals surface area contributed by atoms with E-state index in [1.165, 1.54) is 0 Å². The SMILES string of the molecule is COc1ccc(C2(C(=O)N(CCN(C)C)Cc3cnc[nH]3)CC2(C)C)cc1. The van der Waals surface area contributed by atoms with E-state index < -0.39 is 5.41 Å². The average molecular weight is 370 g/mol. The molecule has 3 rings (SSSR count). The first-order valence-corrected chi connectivity index (χ1v) is 9.36. The number of benzene rings is 1. The van der Waals surface area contributed by atoms with Crippen molar-refractivity contribution in [3.8, 4) is 5.75 Å². The Hall–Kier alpha value is -2.34. The lowest BCUT2D eigenvalue weighted by Crippen LogP contribution is -2.44. The Morgan fingerprint density at radius 1 is 1.22 bits per heavy atom. The minimum absolute atomic E-state index is 0.0664. The second-order valence-corrected chi connectivity index (χ2v) is 8.30. The van der Waals surface area contributed by atoms with Crippen LogP contribution in [0.1, 0.15) is 31.5 Å². The van der Waals surface area contributed by atoms with Crippen LogP contribution in [-0.2, 0) is 16.8 Å². The number of nitrogens with one attached hydrogen (secondary N) is 1. The predicted molar refractivity (Wildman–Crippen MR) is 106 cm³/mol. The number of hydrogen-bond donors (Lipinski definition) is 1. The molecular formula is C21H30N4O2. The van der Waals surface area contributed by atoms with Crippen LogP contribution in [0.4, 0.5) is 0 Å². The minimum atomic E-state index is -0.481. The number of carbonyl (C=O) groups excluding carboxylic acids is 1. The quantitative estimate of drug-likeness (QED) is 0.776. The summed E-state index contributed by atoms with van der Waals surface area (Å²) in [6.45, 7) is 6.39. The first kappa shape index (κ1) is 19.4. The molecule has 2 aromatic rings. The zero-order valence-corrected chi connectivity index (χ0v) is 17.0. The first-order valence-electron chi connectivity index (χ1n) is 9.36. The fraction of sp³-hybridized carbons (Fsp3) is 0.524. The van der Waals surface area contributed by atoms with E-state index >= 15 is 0 Å². The smallest absolute Gasteiger partial charge is 0.234 e. The summed E-state index contributed by atoms with van der Waals surface area (Å²) in [4.78, 5) is 25.1. The van der Waals surface area contributed by atoms with Gasteiger partial charge in [0, 0.05) is 19.3 Å². The Labute approximate surface area is 161 Å². The summed E-state index contributed by atoms with van der Waals surface area (Å²) >= 11 is 0. The molecule has 1 aromatic carbocycles. The number of hydrogen-bond acceptors (Lipinski definition) is 4. The molecule has 6 heteroatoms. The van der Waals surface area contributed by atoms with Gasteiger partial charge < -0.3 is 19.5 Å². The van der Waals surface area contributed by atoms with Crippen LogP contribution in [0.2, 0.25) is 0 Å². The van der Waals surface area contributed by atoms with E-state index in [2.05, 4.69) is 28.7 Å². The second-order valence-electron chi connectivity index (χ2n) is 8.30. The zero-order chi connectivity index (χ0) is 19.7. The fourth-order valence-electron chi connectivity index (χ4n) is 3.90. The number of H-pyrrole nitrogens is 1. The van der Waals surface area contributed by atoms with Gasteiger partial charge in [-0.15, -0.1) is 0 Å². The van der Waals surface area contributed by atoms with E-state index in [4.69, 9.17) is 4.74 Å². The van der Waals surface area contributed by atoms with Gasteiger partial charge in [0.15, 0.2) is 0 Å². The molecule has 0 aliphatic heterocycles. The lowest BCUT2D eigenvalue weighted by Gasteiger charge is -2.30. The number of imidazole rings is 1. The molecule has 1 heterocycles. The highest BCUT2D eigenvalue weighted by atomic mass is 16.5. The number of carbonyl (C=O) groups is 1. The molecule has 1 aromatic heterocycles. The van der Waals surface area contributed by atoms with Crippen LogP contribution in [0.3, 0.4) is 0 Å². The molecule has 1 fully saturated rings. The monoisotopic (exact) mass is 370 g/mol. The van der Waals surface area contributed by atoms with Crippen molar-refractivity contribution in [2.24, 2.45) is 5.41 Å². The predicted octanol–water partition coefficient (Wildman–Crippen LogP) is 2.68. The molecule has 6 nitrogen and oxygen atoms in total. The average Bonchev–Trinajstić information content (AvgIpc) is 2.97. The normalized spacial score (nSPS) is 20.5. The fourth-order valence-corrected chi connectivity index (χ4v) is 3.90. The summed E-state index contributed by atoms with van der Waals surface area (Å²) < 4.78 is 5.29. The van der Waals surface area contributed by atoms with Crippen LogP contribution < -0.4 is 4.74 Å². The molecule has 0 saturated heterocycles. The van der Waals surface area contributed by atoms with Gasteiger partial charge in [0.2, 0.25) is 5.91 Å². The van der Waals surface area contributed by atoms with Gasteiger partial charge in [-0.2, -0.15) is 0 Å². The highest BCUT2D eigenvalue weighted by Gasteiger charge is 2.67. The van der Waals surface area contributed by atoms with E-state index in [0.29, 0.717) is 13.1 Å². The highest BCUT2D eigenvalue weighted by Crippen LogP contribution is 2.65. The van der Waals surface area contributed by atoms with E-state index in [0.717, 1.165) is 30.0 Å². The molecule has 1 atom stereocenters. The Morgan fingerprint density at radius 2 is 1.89 bits per heavy atom. The number of rotatable bonds is 8. The van der Waals surface area contributed by atoms with Crippen LogP contribution >= 0.6 is 0 Å². The molecule has 1 unspecified atom stereocenters. The summed E-state index contributed by atoms with van der Waals surface area (Å²) in [7, 11) is 5.71. The molecule has 0 radical (unpaired) electrons. The second kappa shape index (κ2) is 7.35. The molecule has 1 amide bonds. The minimum Gasteiger partial charge on any atom is -0.497 e. The van der Waals surface area contributed by atoms with Gasteiger partial charge in [0.05, 0.1) is 31.1 Å². The van der Waals surface area contributed by atoms with Gasteiger partial charge in [0.25, 0.3) is 0 Å². The molecule has 1 aliphatic carbocycles. The van der Waals surface area contributed by atoms with E-state index in [1.807, 2.05) is 43.3 Å². The maximum absolute atomic E-state index is 13.8. The van der Waals surface area contributed by atoms with Crippen LogP contribution in [-0.4, -0.2) is 60.0 Å². The third kappa shape index (κ3) is 3.72. The Morgan fingerprint density at radius 3 is 2.37 bits per heavy atom. The number of methoxy groups -OCH3 is 1. The first-order chi connectivity index (χ1) is 12.8. The summed E-state index contributed by atoms with van der Waals surface area (Å²) in [6, 6.07) is 7.95. The van der Waals surface area contributed by atoms with Crippen molar-refractivity contribution < 1.29 is 9.53 Å². The zero-order valence-electron chi connectivity index (χ0n) is 17.0. The Balaban J connectivity index is 1.90.